The quantitative estimate of drug-likeness (QED) is 0.463. The summed E-state index contributed by atoms with van der Waals surface area (Å²) in [5.41, 5.74) is 0. The zero-order chi connectivity index (χ0) is 9.07. The lowest BCUT2D eigenvalue weighted by molar-refractivity contribution is -0.126. The van der Waals surface area contributed by atoms with Crippen LogP contribution in [0.15, 0.2) is 0 Å². The van der Waals surface area contributed by atoms with Crippen LogP contribution in [0.2, 0.25) is 0 Å². The van der Waals surface area contributed by atoms with Crippen molar-refractivity contribution in [3.05, 3.63) is 0 Å². The van der Waals surface area contributed by atoms with Gasteiger partial charge in [0.25, 0.3) is 0 Å². The number of rotatable bonds is 3. The second-order valence-electron chi connectivity index (χ2n) is 1.84. The molecule has 0 aliphatic heterocycles. The smallest absolute Gasteiger partial charge is 0.299 e. The van der Waals surface area contributed by atoms with Crippen LogP contribution in [0.5, 0.6) is 0 Å². The van der Waals surface area contributed by atoms with Crippen LogP contribution < -0.4 is 4.72 Å². The van der Waals surface area contributed by atoms with Crippen molar-refractivity contribution in [2.24, 2.45) is 0 Å². The van der Waals surface area contributed by atoms with Gasteiger partial charge in [0.1, 0.15) is 5.78 Å². The minimum absolute atomic E-state index is 0.536. The average molecular weight is 183 g/mol. The lowest BCUT2D eigenvalue weighted by Gasteiger charge is -1.95. The van der Waals surface area contributed by atoms with Gasteiger partial charge in [0.05, 0.1) is 6.42 Å². The molecule has 0 aromatic heterocycles. The Labute approximate surface area is 62.9 Å². The van der Waals surface area contributed by atoms with Gasteiger partial charge in [0.15, 0.2) is 0 Å². The third-order valence-corrected chi connectivity index (χ3v) is 1.12. The maximum Gasteiger partial charge on any atom is 0.399 e. The van der Waals surface area contributed by atoms with E-state index in [-0.39, 0.29) is 0 Å². The van der Waals surface area contributed by atoms with Gasteiger partial charge in [0, 0.05) is 0 Å². The predicted octanol–water partition coefficient (Wildman–Crippen LogP) is -0.704. The fourth-order valence-electron chi connectivity index (χ4n) is 0.398. The summed E-state index contributed by atoms with van der Waals surface area (Å²) < 4.78 is 32.0. The number of Topliss-reactive ketones (excluding diaryl/α,β-unsaturated/α-hetero) is 1. The first kappa shape index (κ1) is 10.0. The molecule has 0 spiro atoms. The third kappa shape index (κ3) is 6.91. The van der Waals surface area contributed by atoms with E-state index < -0.39 is 28.5 Å². The molecule has 0 heterocycles. The van der Waals surface area contributed by atoms with Crippen molar-refractivity contribution < 1.29 is 21.9 Å². The largest absolute Gasteiger partial charge is 0.399 e. The van der Waals surface area contributed by atoms with Gasteiger partial charge < -0.3 is 0 Å². The fraction of sp³-hybridized carbons (Fsp3) is 0.500. The van der Waals surface area contributed by atoms with E-state index in [0.717, 1.165) is 11.6 Å². The normalized spacial score (nSPS) is 10.7. The lowest BCUT2D eigenvalue weighted by Crippen LogP contribution is -2.28. The van der Waals surface area contributed by atoms with E-state index in [1.165, 1.54) is 0 Å². The molecular formula is C4H6FNO4S. The summed E-state index contributed by atoms with van der Waals surface area (Å²) in [6, 6.07) is 0. The van der Waals surface area contributed by atoms with Crippen LogP contribution in [0.1, 0.15) is 13.3 Å². The second-order valence-corrected chi connectivity index (χ2v) is 2.92. The molecule has 5 nitrogen and oxygen atoms in total. The number of nitrogens with one attached hydrogen (secondary N) is 1. The summed E-state index contributed by atoms with van der Waals surface area (Å²) >= 11 is 0. The monoisotopic (exact) mass is 183 g/mol. The topological polar surface area (TPSA) is 80.3 Å². The van der Waals surface area contributed by atoms with Crippen molar-refractivity contribution in [2.75, 3.05) is 0 Å². The number of amides is 1. The van der Waals surface area contributed by atoms with Crippen LogP contribution in [-0.2, 0) is 20.0 Å². The Balaban J connectivity index is 4.01. The average Bonchev–Trinajstić information content (AvgIpc) is 1.53. The zero-order valence-electron chi connectivity index (χ0n) is 5.63. The summed E-state index contributed by atoms with van der Waals surface area (Å²) in [6.45, 7) is 1.09. The van der Waals surface area contributed by atoms with Crippen molar-refractivity contribution in [3.63, 3.8) is 0 Å². The first-order valence-corrected chi connectivity index (χ1v) is 3.94. The molecule has 0 radical (unpaired) electrons. The Kier molecular flexibility index (Phi) is 3.12. The zero-order valence-corrected chi connectivity index (χ0v) is 6.44. The van der Waals surface area contributed by atoms with Gasteiger partial charge in [0.2, 0.25) is 5.91 Å². The minimum atomic E-state index is -5.02. The van der Waals surface area contributed by atoms with Gasteiger partial charge in [-0.25, -0.2) is 4.72 Å². The van der Waals surface area contributed by atoms with Crippen molar-refractivity contribution in [3.8, 4) is 0 Å². The number of carbonyl (C=O) groups excluding carboxylic acids is 2. The molecule has 0 aromatic carbocycles. The van der Waals surface area contributed by atoms with Crippen LogP contribution in [0, 0.1) is 0 Å². The van der Waals surface area contributed by atoms with Crippen molar-refractivity contribution in [1.29, 1.82) is 0 Å². The highest BCUT2D eigenvalue weighted by Crippen LogP contribution is 1.87. The fourth-order valence-corrected chi connectivity index (χ4v) is 0.742. The molecule has 1 N–H and O–H groups in total. The van der Waals surface area contributed by atoms with Crippen LogP contribution in [0.25, 0.3) is 0 Å². The molecule has 0 aliphatic rings. The Hall–Kier alpha value is -0.980. The summed E-state index contributed by atoms with van der Waals surface area (Å²) in [4.78, 5) is 20.5. The van der Waals surface area contributed by atoms with Gasteiger partial charge in [-0.05, 0) is 6.92 Å². The Morgan fingerprint density at radius 2 is 1.91 bits per heavy atom. The van der Waals surface area contributed by atoms with E-state index in [4.69, 9.17) is 0 Å². The summed E-state index contributed by atoms with van der Waals surface area (Å²) in [7, 11) is -5.02. The number of hydrogen-bond donors (Lipinski definition) is 1. The van der Waals surface area contributed by atoms with Crippen LogP contribution >= 0.6 is 0 Å². The van der Waals surface area contributed by atoms with Gasteiger partial charge in [-0.2, -0.15) is 8.42 Å². The van der Waals surface area contributed by atoms with Crippen molar-refractivity contribution in [1.82, 2.24) is 4.72 Å². The standard InChI is InChI=1S/C4H6FNO4S/c1-3(7)2-4(8)6-11(5,9)10/h2H2,1H3,(H,6,8). The highest BCUT2D eigenvalue weighted by atomic mass is 32.3. The Morgan fingerprint density at radius 1 is 1.45 bits per heavy atom. The van der Waals surface area contributed by atoms with E-state index in [1.54, 1.807) is 0 Å². The SMILES string of the molecule is CC(=O)CC(=O)NS(=O)(=O)F. The van der Waals surface area contributed by atoms with E-state index in [1.807, 2.05) is 0 Å². The Morgan fingerprint density at radius 3 is 2.18 bits per heavy atom. The number of hydrogen-bond acceptors (Lipinski definition) is 4. The first-order chi connectivity index (χ1) is 4.81. The molecule has 0 aliphatic carbocycles. The van der Waals surface area contributed by atoms with Crippen molar-refractivity contribution in [2.45, 2.75) is 13.3 Å². The summed E-state index contributed by atoms with van der Waals surface area (Å²) in [5.74, 6) is -1.70. The molecule has 1 amide bonds. The Bertz CT molecular complexity index is 270. The molecule has 0 saturated carbocycles. The number of halogens is 1. The lowest BCUT2D eigenvalue weighted by atomic mass is 10.3. The molecule has 0 atom stereocenters. The van der Waals surface area contributed by atoms with E-state index in [2.05, 4.69) is 0 Å². The molecule has 7 heteroatoms. The van der Waals surface area contributed by atoms with Gasteiger partial charge >= 0.3 is 10.4 Å². The van der Waals surface area contributed by atoms with E-state index in [0.29, 0.717) is 0 Å². The molecule has 0 rings (SSSR count). The summed E-state index contributed by atoms with van der Waals surface area (Å²) in [5, 5.41) is 0. The van der Waals surface area contributed by atoms with Gasteiger partial charge in [-0.15, -0.1) is 0 Å². The highest BCUT2D eigenvalue weighted by Gasteiger charge is 2.12. The highest BCUT2D eigenvalue weighted by molar-refractivity contribution is 7.84. The summed E-state index contributed by atoms with van der Waals surface area (Å²) in [6.07, 6.45) is -0.636. The minimum Gasteiger partial charge on any atom is -0.299 e. The van der Waals surface area contributed by atoms with E-state index >= 15 is 0 Å². The molecule has 11 heavy (non-hydrogen) atoms. The predicted molar refractivity (Wildman–Crippen MR) is 33.5 cm³/mol. The third-order valence-electron chi connectivity index (χ3n) is 0.645. The molecule has 0 saturated heterocycles. The molecule has 0 unspecified atom stereocenters. The maximum absolute atomic E-state index is 11.6. The number of ketones is 1. The van der Waals surface area contributed by atoms with Gasteiger partial charge in [-0.1, -0.05) is 3.89 Å². The second kappa shape index (κ2) is 3.42. The maximum atomic E-state index is 11.6. The van der Waals surface area contributed by atoms with Crippen LogP contribution in [0.3, 0.4) is 0 Å². The molecule has 0 aromatic rings. The van der Waals surface area contributed by atoms with Crippen LogP contribution in [0.4, 0.5) is 3.89 Å². The number of carbonyl (C=O) groups is 2. The first-order valence-electron chi connectivity index (χ1n) is 2.56. The molecular weight excluding hydrogens is 177 g/mol. The molecule has 0 fully saturated rings. The molecule has 0 bridgehead atoms. The van der Waals surface area contributed by atoms with E-state index in [9.17, 15) is 21.9 Å². The van der Waals surface area contributed by atoms with Crippen molar-refractivity contribution >= 4 is 22.1 Å². The van der Waals surface area contributed by atoms with Crippen LogP contribution in [-0.4, -0.2) is 20.1 Å². The van der Waals surface area contributed by atoms with Gasteiger partial charge in [-0.3, -0.25) is 9.59 Å². The molecule has 64 valence electrons.